The van der Waals surface area contributed by atoms with Crippen molar-refractivity contribution in [2.45, 2.75) is 51.9 Å². The molecule has 0 saturated heterocycles. The number of nitrogens with one attached hydrogen (secondary N) is 1. The lowest BCUT2D eigenvalue weighted by Crippen LogP contribution is -2.13. The molecule has 3 rings (SSSR count). The Kier molecular flexibility index (Phi) is 3.62. The van der Waals surface area contributed by atoms with Crippen molar-refractivity contribution in [3.8, 4) is 0 Å². The highest BCUT2D eigenvalue weighted by atomic mass is 15.2. The smallest absolute Gasteiger partial charge is 0.0761 e. The molecule has 3 heteroatoms. The highest BCUT2D eigenvalue weighted by Gasteiger charge is 2.18. The van der Waals surface area contributed by atoms with Crippen LogP contribution in [-0.2, 0) is 12.8 Å². The van der Waals surface area contributed by atoms with E-state index in [0.29, 0.717) is 5.92 Å². The Bertz CT molecular complexity index is 632. The van der Waals surface area contributed by atoms with Crippen molar-refractivity contribution in [1.82, 2.24) is 4.98 Å². The quantitative estimate of drug-likeness (QED) is 0.493. The molecule has 0 fully saturated rings. The molecule has 0 saturated carbocycles. The van der Waals surface area contributed by atoms with E-state index < -0.39 is 0 Å². The van der Waals surface area contributed by atoms with Crippen LogP contribution in [0.5, 0.6) is 0 Å². The average molecular weight is 269 g/mol. The summed E-state index contributed by atoms with van der Waals surface area (Å²) in [5.74, 6) is 6.31. The first kappa shape index (κ1) is 13.4. The van der Waals surface area contributed by atoms with Crippen molar-refractivity contribution in [3.63, 3.8) is 0 Å². The van der Waals surface area contributed by atoms with Crippen LogP contribution in [0.4, 0.5) is 5.69 Å². The largest absolute Gasteiger partial charge is 0.323 e. The zero-order valence-electron chi connectivity index (χ0n) is 12.4. The molecule has 0 bridgehead atoms. The number of aryl methyl sites for hydroxylation is 1. The van der Waals surface area contributed by atoms with Crippen LogP contribution >= 0.6 is 0 Å². The van der Waals surface area contributed by atoms with E-state index in [2.05, 4.69) is 37.5 Å². The van der Waals surface area contributed by atoms with Gasteiger partial charge in [-0.05, 0) is 42.7 Å². The Morgan fingerprint density at radius 3 is 2.70 bits per heavy atom. The molecule has 1 aromatic carbocycles. The molecule has 3 nitrogen and oxygen atoms in total. The van der Waals surface area contributed by atoms with Crippen molar-refractivity contribution in [2.24, 2.45) is 5.84 Å². The molecule has 0 unspecified atom stereocenters. The molecule has 1 aliphatic carbocycles. The average Bonchev–Trinajstić information content (AvgIpc) is 2.69. The van der Waals surface area contributed by atoms with Crippen molar-refractivity contribution < 1.29 is 0 Å². The van der Waals surface area contributed by atoms with E-state index in [9.17, 15) is 0 Å². The van der Waals surface area contributed by atoms with Crippen LogP contribution < -0.4 is 11.3 Å². The standard InChI is InChI=1S/C17H23N3/c1-11(2)12-8-6-9-14-16(12)19-15-10-5-3-4-7-13(15)17(14)20-18/h6,8-9,11H,3-5,7,10,18H2,1-2H3,(H,19,20). The van der Waals surface area contributed by atoms with E-state index >= 15 is 0 Å². The summed E-state index contributed by atoms with van der Waals surface area (Å²) in [4.78, 5) is 5.01. The molecular formula is C17H23N3. The second-order valence-electron chi connectivity index (χ2n) is 6.02. The van der Waals surface area contributed by atoms with Gasteiger partial charge in [-0.1, -0.05) is 38.5 Å². The van der Waals surface area contributed by atoms with Crippen LogP contribution in [0.2, 0.25) is 0 Å². The Hall–Kier alpha value is -1.61. The van der Waals surface area contributed by atoms with Crippen LogP contribution in [0.1, 0.15) is 55.8 Å². The number of nitrogen functional groups attached to an aromatic ring is 1. The summed E-state index contributed by atoms with van der Waals surface area (Å²) in [6.45, 7) is 4.44. The van der Waals surface area contributed by atoms with Gasteiger partial charge in [-0.3, -0.25) is 10.8 Å². The Balaban J connectivity index is 2.33. The maximum atomic E-state index is 5.84. The van der Waals surface area contributed by atoms with Crippen molar-refractivity contribution in [3.05, 3.63) is 35.0 Å². The number of rotatable bonds is 2. The predicted molar refractivity (Wildman–Crippen MR) is 84.9 cm³/mol. The number of nitrogens with zero attached hydrogens (tertiary/aromatic N) is 1. The first-order valence-corrected chi connectivity index (χ1v) is 7.63. The zero-order chi connectivity index (χ0) is 14.1. The number of anilines is 1. The van der Waals surface area contributed by atoms with Crippen molar-refractivity contribution >= 4 is 16.6 Å². The van der Waals surface area contributed by atoms with Gasteiger partial charge in [-0.15, -0.1) is 0 Å². The molecule has 1 aliphatic rings. The lowest BCUT2D eigenvalue weighted by atomic mass is 9.96. The van der Waals surface area contributed by atoms with Crippen LogP contribution in [0.25, 0.3) is 10.9 Å². The molecule has 20 heavy (non-hydrogen) atoms. The molecule has 2 aromatic rings. The van der Waals surface area contributed by atoms with E-state index in [-0.39, 0.29) is 0 Å². The molecule has 0 aliphatic heterocycles. The predicted octanol–water partition coefficient (Wildman–Crippen LogP) is 3.91. The van der Waals surface area contributed by atoms with Crippen LogP contribution in [0.15, 0.2) is 18.2 Å². The van der Waals surface area contributed by atoms with Crippen molar-refractivity contribution in [2.75, 3.05) is 5.43 Å². The molecule has 106 valence electrons. The highest BCUT2D eigenvalue weighted by molar-refractivity contribution is 5.95. The van der Waals surface area contributed by atoms with Gasteiger partial charge >= 0.3 is 0 Å². The Labute approximate surface area is 120 Å². The number of para-hydroxylation sites is 1. The van der Waals surface area contributed by atoms with Gasteiger partial charge in [0.25, 0.3) is 0 Å². The molecule has 0 atom stereocenters. The minimum atomic E-state index is 0.473. The van der Waals surface area contributed by atoms with Gasteiger partial charge in [0, 0.05) is 11.1 Å². The minimum absolute atomic E-state index is 0.473. The molecule has 3 N–H and O–H groups in total. The molecule has 1 heterocycles. The Morgan fingerprint density at radius 2 is 1.95 bits per heavy atom. The van der Waals surface area contributed by atoms with Gasteiger partial charge in [0.15, 0.2) is 0 Å². The summed E-state index contributed by atoms with van der Waals surface area (Å²) in [5.41, 5.74) is 9.05. The molecule has 1 aromatic heterocycles. The number of hydrogen-bond acceptors (Lipinski definition) is 3. The Morgan fingerprint density at radius 1 is 1.15 bits per heavy atom. The summed E-state index contributed by atoms with van der Waals surface area (Å²) in [7, 11) is 0. The summed E-state index contributed by atoms with van der Waals surface area (Å²) < 4.78 is 0. The van der Waals surface area contributed by atoms with Crippen LogP contribution in [-0.4, -0.2) is 4.98 Å². The third-order valence-electron chi connectivity index (χ3n) is 4.34. The highest BCUT2D eigenvalue weighted by Crippen LogP contribution is 2.35. The first-order chi connectivity index (χ1) is 9.72. The van der Waals surface area contributed by atoms with Gasteiger partial charge in [0.1, 0.15) is 0 Å². The van der Waals surface area contributed by atoms with E-state index in [4.69, 9.17) is 10.8 Å². The normalized spacial score (nSPS) is 15.2. The lowest BCUT2D eigenvalue weighted by Gasteiger charge is -2.17. The van der Waals surface area contributed by atoms with Gasteiger partial charge < -0.3 is 5.43 Å². The number of fused-ring (bicyclic) bond motifs is 2. The second-order valence-corrected chi connectivity index (χ2v) is 6.02. The van der Waals surface area contributed by atoms with Crippen LogP contribution in [0.3, 0.4) is 0 Å². The molecular weight excluding hydrogens is 246 g/mol. The zero-order valence-corrected chi connectivity index (χ0v) is 12.4. The monoisotopic (exact) mass is 269 g/mol. The summed E-state index contributed by atoms with van der Waals surface area (Å²) >= 11 is 0. The number of nitrogens with two attached hydrogens (primary N) is 1. The van der Waals surface area contributed by atoms with E-state index in [1.807, 2.05) is 0 Å². The van der Waals surface area contributed by atoms with E-state index in [1.54, 1.807) is 0 Å². The maximum absolute atomic E-state index is 5.84. The number of pyridine rings is 1. The third-order valence-corrected chi connectivity index (χ3v) is 4.34. The topological polar surface area (TPSA) is 50.9 Å². The maximum Gasteiger partial charge on any atom is 0.0761 e. The second kappa shape index (κ2) is 5.41. The number of hydrazine groups is 1. The van der Waals surface area contributed by atoms with E-state index in [0.717, 1.165) is 24.0 Å². The summed E-state index contributed by atoms with van der Waals surface area (Å²) in [6, 6.07) is 6.43. The third kappa shape index (κ3) is 2.16. The summed E-state index contributed by atoms with van der Waals surface area (Å²) in [5, 5.41) is 1.17. The fraction of sp³-hybridized carbons (Fsp3) is 0.471. The number of aromatic nitrogens is 1. The first-order valence-electron chi connectivity index (χ1n) is 7.63. The van der Waals surface area contributed by atoms with Gasteiger partial charge in [-0.25, -0.2) is 0 Å². The molecule has 0 amide bonds. The fourth-order valence-electron chi connectivity index (χ4n) is 3.28. The fourth-order valence-corrected chi connectivity index (χ4v) is 3.28. The van der Waals surface area contributed by atoms with Crippen LogP contribution in [0, 0.1) is 0 Å². The van der Waals surface area contributed by atoms with E-state index in [1.165, 1.54) is 41.5 Å². The minimum Gasteiger partial charge on any atom is -0.323 e. The van der Waals surface area contributed by atoms with Gasteiger partial charge in [0.05, 0.1) is 11.2 Å². The number of benzene rings is 1. The lowest BCUT2D eigenvalue weighted by molar-refractivity contribution is 0.709. The molecule has 0 spiro atoms. The van der Waals surface area contributed by atoms with Gasteiger partial charge in [0.2, 0.25) is 0 Å². The number of hydrogen-bond donors (Lipinski definition) is 2. The summed E-state index contributed by atoms with van der Waals surface area (Å²) in [6.07, 6.45) is 5.92. The SMILES string of the molecule is CC(C)c1cccc2c(NN)c3c(nc12)CCCCC3. The van der Waals surface area contributed by atoms with Gasteiger partial charge in [-0.2, -0.15) is 0 Å². The van der Waals surface area contributed by atoms with Crippen molar-refractivity contribution in [1.29, 1.82) is 0 Å². The molecule has 0 radical (unpaired) electrons.